The molecule has 0 bridgehead atoms. The van der Waals surface area contributed by atoms with Gasteiger partial charge in [-0.05, 0) is 31.4 Å². The predicted octanol–water partition coefficient (Wildman–Crippen LogP) is 2.08. The van der Waals surface area contributed by atoms with Gasteiger partial charge < -0.3 is 10.4 Å². The molecule has 1 fully saturated rings. The number of hydrogen-bond acceptors (Lipinski definition) is 3. The van der Waals surface area contributed by atoms with E-state index < -0.39 is 29.7 Å². The van der Waals surface area contributed by atoms with Crippen molar-refractivity contribution >= 4 is 11.9 Å². The first-order valence-corrected chi connectivity index (χ1v) is 6.34. The fourth-order valence-corrected chi connectivity index (χ4v) is 2.30. The fraction of sp³-hybridized carbons (Fsp3) is 0.462. The quantitative estimate of drug-likeness (QED) is 0.896. The van der Waals surface area contributed by atoms with Crippen LogP contribution >= 0.6 is 0 Å². The van der Waals surface area contributed by atoms with Gasteiger partial charge in [0.25, 0.3) is 5.91 Å². The van der Waals surface area contributed by atoms with Crippen LogP contribution in [0.5, 0.6) is 0 Å². The van der Waals surface area contributed by atoms with Gasteiger partial charge in [-0.2, -0.15) is 13.2 Å². The van der Waals surface area contributed by atoms with Crippen molar-refractivity contribution in [2.45, 2.75) is 31.5 Å². The van der Waals surface area contributed by atoms with Gasteiger partial charge >= 0.3 is 12.1 Å². The number of amides is 1. The van der Waals surface area contributed by atoms with Crippen molar-refractivity contribution in [3.05, 3.63) is 29.6 Å². The number of hydrogen-bond donors (Lipinski definition) is 2. The van der Waals surface area contributed by atoms with Gasteiger partial charge in [0.05, 0.1) is 11.5 Å². The molecular formula is C13H13F3N2O3. The zero-order valence-corrected chi connectivity index (χ0v) is 10.9. The summed E-state index contributed by atoms with van der Waals surface area (Å²) in [5.41, 5.74) is -1.05. The molecule has 2 N–H and O–H groups in total. The van der Waals surface area contributed by atoms with Gasteiger partial charge in [0.15, 0.2) is 0 Å². The third-order valence-electron chi connectivity index (χ3n) is 3.43. The number of rotatable bonds is 3. The van der Waals surface area contributed by atoms with E-state index in [2.05, 4.69) is 10.3 Å². The molecule has 0 unspecified atom stereocenters. The van der Waals surface area contributed by atoms with Crippen molar-refractivity contribution in [1.29, 1.82) is 0 Å². The van der Waals surface area contributed by atoms with Crippen LogP contribution in [-0.2, 0) is 11.0 Å². The lowest BCUT2D eigenvalue weighted by Gasteiger charge is -2.12. The standard InChI is InChI=1S/C13H13F3N2O3/c14-13(15,16)10-4-2-8(6-17-10)11(19)18-9-3-1-7(5-9)12(20)21/h2,4,6-7,9H,1,3,5H2,(H,18,19)(H,20,21)/t7-,9+/m0/s1. The van der Waals surface area contributed by atoms with E-state index in [-0.39, 0.29) is 11.6 Å². The Kier molecular flexibility index (Phi) is 4.15. The molecule has 0 saturated heterocycles. The number of carboxylic acids is 1. The third-order valence-corrected chi connectivity index (χ3v) is 3.43. The van der Waals surface area contributed by atoms with Crippen molar-refractivity contribution in [3.8, 4) is 0 Å². The summed E-state index contributed by atoms with van der Waals surface area (Å²) in [7, 11) is 0. The molecule has 5 nitrogen and oxygen atoms in total. The summed E-state index contributed by atoms with van der Waals surface area (Å²) < 4.78 is 37.0. The molecule has 2 atom stereocenters. The molecule has 8 heteroatoms. The van der Waals surface area contributed by atoms with E-state index in [4.69, 9.17) is 5.11 Å². The lowest BCUT2D eigenvalue weighted by atomic mass is 10.1. The molecule has 21 heavy (non-hydrogen) atoms. The molecule has 0 aliphatic heterocycles. The van der Waals surface area contributed by atoms with Gasteiger partial charge in [0.1, 0.15) is 5.69 Å². The normalized spacial score (nSPS) is 22.0. The maximum absolute atomic E-state index is 12.3. The van der Waals surface area contributed by atoms with Crippen molar-refractivity contribution in [3.63, 3.8) is 0 Å². The largest absolute Gasteiger partial charge is 0.481 e. The topological polar surface area (TPSA) is 79.3 Å². The highest BCUT2D eigenvalue weighted by Gasteiger charge is 2.33. The van der Waals surface area contributed by atoms with Crippen molar-refractivity contribution in [2.75, 3.05) is 0 Å². The average molecular weight is 302 g/mol. The van der Waals surface area contributed by atoms with Crippen LogP contribution in [0.4, 0.5) is 13.2 Å². The zero-order valence-electron chi connectivity index (χ0n) is 10.9. The van der Waals surface area contributed by atoms with Crippen LogP contribution < -0.4 is 5.32 Å². The summed E-state index contributed by atoms with van der Waals surface area (Å²) in [5.74, 6) is -1.93. The first-order chi connectivity index (χ1) is 9.77. The van der Waals surface area contributed by atoms with Gasteiger partial charge in [-0.1, -0.05) is 0 Å². The molecule has 1 aliphatic rings. The van der Waals surface area contributed by atoms with Crippen LogP contribution in [0.25, 0.3) is 0 Å². The molecule has 0 radical (unpaired) electrons. The molecule has 0 aromatic carbocycles. The number of nitrogens with zero attached hydrogens (tertiary/aromatic N) is 1. The second-order valence-corrected chi connectivity index (χ2v) is 4.95. The summed E-state index contributed by atoms with van der Waals surface area (Å²) in [5, 5.41) is 11.5. The van der Waals surface area contributed by atoms with Crippen LogP contribution in [-0.4, -0.2) is 28.0 Å². The second-order valence-electron chi connectivity index (χ2n) is 4.95. The summed E-state index contributed by atoms with van der Waals surface area (Å²) in [4.78, 5) is 25.9. The van der Waals surface area contributed by atoms with E-state index in [0.29, 0.717) is 19.3 Å². The molecule has 1 aromatic heterocycles. The van der Waals surface area contributed by atoms with E-state index in [0.717, 1.165) is 18.3 Å². The maximum Gasteiger partial charge on any atom is 0.433 e. The Labute approximate surface area is 118 Å². The summed E-state index contributed by atoms with van der Waals surface area (Å²) in [6.45, 7) is 0. The van der Waals surface area contributed by atoms with Gasteiger partial charge in [-0.3, -0.25) is 14.6 Å². The van der Waals surface area contributed by atoms with Crippen LogP contribution in [0.2, 0.25) is 0 Å². The number of pyridine rings is 1. The van der Waals surface area contributed by atoms with Crippen LogP contribution in [0, 0.1) is 5.92 Å². The average Bonchev–Trinajstić information content (AvgIpc) is 2.86. The number of carbonyl (C=O) groups excluding carboxylic acids is 1. The van der Waals surface area contributed by atoms with Crippen LogP contribution in [0.3, 0.4) is 0 Å². The molecule has 1 amide bonds. The van der Waals surface area contributed by atoms with E-state index >= 15 is 0 Å². The molecule has 1 aromatic rings. The molecule has 1 aliphatic carbocycles. The number of alkyl halides is 3. The zero-order chi connectivity index (χ0) is 15.6. The highest BCUT2D eigenvalue weighted by molar-refractivity contribution is 5.94. The molecule has 2 rings (SSSR count). The summed E-state index contributed by atoms with van der Waals surface area (Å²) in [6, 6.07) is 1.51. The van der Waals surface area contributed by atoms with Gasteiger partial charge in [-0.25, -0.2) is 0 Å². The van der Waals surface area contributed by atoms with E-state index in [1.165, 1.54) is 0 Å². The second kappa shape index (κ2) is 5.71. The Morgan fingerprint density at radius 3 is 2.48 bits per heavy atom. The van der Waals surface area contributed by atoms with Crippen molar-refractivity contribution in [1.82, 2.24) is 10.3 Å². The minimum Gasteiger partial charge on any atom is -0.481 e. The predicted molar refractivity (Wildman–Crippen MR) is 65.5 cm³/mol. The number of carbonyl (C=O) groups is 2. The van der Waals surface area contributed by atoms with Gasteiger partial charge in [-0.15, -0.1) is 0 Å². The Balaban J connectivity index is 1.97. The first-order valence-electron chi connectivity index (χ1n) is 6.34. The van der Waals surface area contributed by atoms with Crippen LogP contribution in [0.1, 0.15) is 35.3 Å². The number of aliphatic carboxylic acids is 1. The van der Waals surface area contributed by atoms with Crippen molar-refractivity contribution < 1.29 is 27.9 Å². The maximum atomic E-state index is 12.3. The smallest absolute Gasteiger partial charge is 0.433 e. The van der Waals surface area contributed by atoms with E-state index in [1.54, 1.807) is 0 Å². The Morgan fingerprint density at radius 2 is 2.00 bits per heavy atom. The SMILES string of the molecule is O=C(N[C@@H]1CC[C@H](C(=O)O)C1)c1ccc(C(F)(F)F)nc1. The Hall–Kier alpha value is -2.12. The van der Waals surface area contributed by atoms with E-state index in [1.807, 2.05) is 0 Å². The minimum atomic E-state index is -4.55. The lowest BCUT2D eigenvalue weighted by Crippen LogP contribution is -2.33. The number of halogens is 3. The Bertz CT molecular complexity index is 543. The van der Waals surface area contributed by atoms with E-state index in [9.17, 15) is 22.8 Å². The molecule has 0 spiro atoms. The monoisotopic (exact) mass is 302 g/mol. The number of aromatic nitrogens is 1. The van der Waals surface area contributed by atoms with Gasteiger partial charge in [0, 0.05) is 12.2 Å². The van der Waals surface area contributed by atoms with Crippen LogP contribution in [0.15, 0.2) is 18.3 Å². The molecular weight excluding hydrogens is 289 g/mol. The number of carboxylic acid groups (broad SMARTS) is 1. The summed E-state index contributed by atoms with van der Waals surface area (Å²) >= 11 is 0. The highest BCUT2D eigenvalue weighted by Crippen LogP contribution is 2.28. The summed E-state index contributed by atoms with van der Waals surface area (Å²) in [6.07, 6.45) is -2.34. The molecule has 1 saturated carbocycles. The Morgan fingerprint density at radius 1 is 1.29 bits per heavy atom. The fourth-order valence-electron chi connectivity index (χ4n) is 2.30. The highest BCUT2D eigenvalue weighted by atomic mass is 19.4. The third kappa shape index (κ3) is 3.71. The lowest BCUT2D eigenvalue weighted by molar-refractivity contribution is -0.142. The molecule has 1 heterocycles. The first kappa shape index (κ1) is 15.3. The van der Waals surface area contributed by atoms with Crippen molar-refractivity contribution in [2.24, 2.45) is 5.92 Å². The molecule has 114 valence electrons. The minimum absolute atomic E-state index is 0.0155. The van der Waals surface area contributed by atoms with Gasteiger partial charge in [0.2, 0.25) is 0 Å². The number of nitrogens with one attached hydrogen (secondary N) is 1.